The summed E-state index contributed by atoms with van der Waals surface area (Å²) in [5, 5.41) is 4.33. The molecule has 0 spiro atoms. The topological polar surface area (TPSA) is 15.3 Å². The summed E-state index contributed by atoms with van der Waals surface area (Å²) >= 11 is 5.51. The van der Waals surface area contributed by atoms with Crippen molar-refractivity contribution in [3.05, 3.63) is 11.8 Å². The molecule has 2 nitrogen and oxygen atoms in total. The highest BCUT2D eigenvalue weighted by molar-refractivity contribution is 7.80. The van der Waals surface area contributed by atoms with E-state index in [1.54, 1.807) is 0 Å². The molecule has 0 amide bonds. The van der Waals surface area contributed by atoms with Crippen LogP contribution in [0.15, 0.2) is 11.8 Å². The number of hydrogen-bond donors (Lipinski definition) is 1. The Hall–Kier alpha value is -0.570. The summed E-state index contributed by atoms with van der Waals surface area (Å²) in [7, 11) is 0. The maximum atomic E-state index is 5.51. The third-order valence-electron chi connectivity index (χ3n) is 3.54. The SMILES string of the molecule is CC1=CC(C)(C)NC(=S)N1C1CCCCC1. The van der Waals surface area contributed by atoms with Crippen molar-refractivity contribution in [3.63, 3.8) is 0 Å². The van der Waals surface area contributed by atoms with Gasteiger partial charge >= 0.3 is 0 Å². The van der Waals surface area contributed by atoms with E-state index >= 15 is 0 Å². The van der Waals surface area contributed by atoms with E-state index in [0.29, 0.717) is 6.04 Å². The first-order chi connectivity index (χ1) is 7.49. The lowest BCUT2D eigenvalue weighted by Gasteiger charge is -2.43. The van der Waals surface area contributed by atoms with Gasteiger partial charge in [-0.3, -0.25) is 0 Å². The molecule has 0 atom stereocenters. The monoisotopic (exact) mass is 238 g/mol. The van der Waals surface area contributed by atoms with Gasteiger partial charge in [0.1, 0.15) is 0 Å². The summed E-state index contributed by atoms with van der Waals surface area (Å²) < 4.78 is 0. The molecule has 90 valence electrons. The molecule has 0 radical (unpaired) electrons. The summed E-state index contributed by atoms with van der Waals surface area (Å²) in [6.45, 7) is 6.52. The summed E-state index contributed by atoms with van der Waals surface area (Å²) in [5.74, 6) is 0. The van der Waals surface area contributed by atoms with E-state index in [2.05, 4.69) is 37.1 Å². The molecule has 2 aliphatic rings. The molecule has 1 fully saturated rings. The van der Waals surface area contributed by atoms with Crippen LogP contribution < -0.4 is 5.32 Å². The first-order valence-electron chi connectivity index (χ1n) is 6.30. The fourth-order valence-electron chi connectivity index (χ4n) is 2.92. The van der Waals surface area contributed by atoms with E-state index < -0.39 is 0 Å². The van der Waals surface area contributed by atoms with E-state index in [1.165, 1.54) is 37.8 Å². The predicted molar refractivity (Wildman–Crippen MR) is 72.3 cm³/mol. The van der Waals surface area contributed by atoms with Crippen LogP contribution in [0.1, 0.15) is 52.9 Å². The van der Waals surface area contributed by atoms with Gasteiger partial charge in [-0.15, -0.1) is 0 Å². The highest BCUT2D eigenvalue weighted by Crippen LogP contribution is 2.28. The third kappa shape index (κ3) is 2.40. The first kappa shape index (κ1) is 11.9. The van der Waals surface area contributed by atoms with Crippen LogP contribution in [0.3, 0.4) is 0 Å². The maximum absolute atomic E-state index is 5.51. The molecule has 1 saturated carbocycles. The summed E-state index contributed by atoms with van der Waals surface area (Å²) in [6, 6.07) is 0.626. The quantitative estimate of drug-likeness (QED) is 0.706. The molecule has 0 aromatic heterocycles. The third-order valence-corrected chi connectivity index (χ3v) is 3.84. The van der Waals surface area contributed by atoms with Crippen molar-refractivity contribution in [1.29, 1.82) is 0 Å². The number of allylic oxidation sites excluding steroid dienone is 1. The molecule has 0 aromatic carbocycles. The molecule has 1 N–H and O–H groups in total. The normalized spacial score (nSPS) is 26.3. The van der Waals surface area contributed by atoms with Crippen LogP contribution in [-0.2, 0) is 0 Å². The Kier molecular flexibility index (Phi) is 3.24. The summed E-state index contributed by atoms with van der Waals surface area (Å²) in [5.41, 5.74) is 1.33. The molecule has 1 aliphatic heterocycles. The zero-order valence-electron chi connectivity index (χ0n) is 10.5. The second-order valence-electron chi connectivity index (χ2n) is 5.60. The molecular weight excluding hydrogens is 216 g/mol. The Bertz CT molecular complexity index is 314. The van der Waals surface area contributed by atoms with Gasteiger partial charge in [-0.25, -0.2) is 0 Å². The number of hydrogen-bond acceptors (Lipinski definition) is 1. The predicted octanol–water partition coefficient (Wildman–Crippen LogP) is 3.19. The Morgan fingerprint density at radius 1 is 1.31 bits per heavy atom. The van der Waals surface area contributed by atoms with Crippen LogP contribution in [0.4, 0.5) is 0 Å². The highest BCUT2D eigenvalue weighted by Gasteiger charge is 2.31. The van der Waals surface area contributed by atoms with Crippen molar-refractivity contribution in [3.8, 4) is 0 Å². The Balaban J connectivity index is 2.17. The zero-order valence-corrected chi connectivity index (χ0v) is 11.4. The van der Waals surface area contributed by atoms with Gasteiger partial charge < -0.3 is 10.2 Å². The maximum Gasteiger partial charge on any atom is 0.174 e. The van der Waals surface area contributed by atoms with Crippen LogP contribution in [0.2, 0.25) is 0 Å². The molecule has 16 heavy (non-hydrogen) atoms. The van der Waals surface area contributed by atoms with Crippen molar-refractivity contribution in [1.82, 2.24) is 10.2 Å². The minimum Gasteiger partial charge on any atom is -0.354 e. The lowest BCUT2D eigenvalue weighted by atomic mass is 9.92. The summed E-state index contributed by atoms with van der Waals surface area (Å²) in [6.07, 6.45) is 8.94. The largest absolute Gasteiger partial charge is 0.354 e. The number of rotatable bonds is 1. The van der Waals surface area contributed by atoms with Crippen molar-refractivity contribution in [2.24, 2.45) is 0 Å². The van der Waals surface area contributed by atoms with Gasteiger partial charge in [0.05, 0.1) is 5.54 Å². The van der Waals surface area contributed by atoms with E-state index in [-0.39, 0.29) is 5.54 Å². The van der Waals surface area contributed by atoms with Crippen LogP contribution in [0.25, 0.3) is 0 Å². The Labute approximate surface area is 104 Å². The van der Waals surface area contributed by atoms with Crippen LogP contribution in [-0.4, -0.2) is 21.6 Å². The molecule has 2 rings (SSSR count). The fraction of sp³-hybridized carbons (Fsp3) is 0.769. The standard InChI is InChI=1S/C13H22N2S/c1-10-9-13(2,3)14-12(16)15(10)11-7-5-4-6-8-11/h9,11H,4-8H2,1-3H3,(H,14,16). The van der Waals surface area contributed by atoms with Crippen molar-refractivity contribution in [2.45, 2.75) is 64.5 Å². The summed E-state index contributed by atoms with van der Waals surface area (Å²) in [4.78, 5) is 2.33. The van der Waals surface area contributed by atoms with Crippen molar-refractivity contribution >= 4 is 17.3 Å². The van der Waals surface area contributed by atoms with Crippen LogP contribution in [0, 0.1) is 0 Å². The minimum atomic E-state index is 0.00628. The second-order valence-corrected chi connectivity index (χ2v) is 5.99. The lowest BCUT2D eigenvalue weighted by molar-refractivity contribution is 0.267. The van der Waals surface area contributed by atoms with Gasteiger partial charge in [0.15, 0.2) is 5.11 Å². The van der Waals surface area contributed by atoms with Crippen molar-refractivity contribution < 1.29 is 0 Å². The van der Waals surface area contributed by atoms with E-state index in [0.717, 1.165) is 5.11 Å². The first-order valence-corrected chi connectivity index (χ1v) is 6.71. The van der Waals surface area contributed by atoms with Gasteiger partial charge in [-0.2, -0.15) is 0 Å². The van der Waals surface area contributed by atoms with Gasteiger partial charge in [0.25, 0.3) is 0 Å². The Morgan fingerprint density at radius 3 is 2.50 bits per heavy atom. The molecule has 1 aliphatic carbocycles. The molecule has 0 aromatic rings. The second kappa shape index (κ2) is 4.36. The van der Waals surface area contributed by atoms with Gasteiger partial charge in [0.2, 0.25) is 0 Å². The van der Waals surface area contributed by atoms with E-state index in [1.807, 2.05) is 0 Å². The molecule has 1 heterocycles. The molecule has 0 saturated heterocycles. The average Bonchev–Trinajstić information content (AvgIpc) is 2.16. The number of nitrogens with zero attached hydrogens (tertiary/aromatic N) is 1. The Morgan fingerprint density at radius 2 is 1.94 bits per heavy atom. The van der Waals surface area contributed by atoms with E-state index in [4.69, 9.17) is 12.2 Å². The van der Waals surface area contributed by atoms with Gasteiger partial charge in [-0.1, -0.05) is 19.3 Å². The van der Waals surface area contributed by atoms with Crippen molar-refractivity contribution in [2.75, 3.05) is 0 Å². The lowest BCUT2D eigenvalue weighted by Crippen LogP contribution is -2.55. The van der Waals surface area contributed by atoms with Crippen LogP contribution in [0.5, 0.6) is 0 Å². The van der Waals surface area contributed by atoms with Crippen LogP contribution >= 0.6 is 12.2 Å². The molecule has 0 unspecified atom stereocenters. The van der Waals surface area contributed by atoms with Gasteiger partial charge in [-0.05, 0) is 51.9 Å². The van der Waals surface area contributed by atoms with Gasteiger partial charge in [0, 0.05) is 11.7 Å². The fourth-order valence-corrected chi connectivity index (χ4v) is 3.47. The average molecular weight is 238 g/mol. The molecule has 3 heteroatoms. The number of nitrogens with one attached hydrogen (secondary N) is 1. The number of thiocarbonyl (C=S) groups is 1. The van der Waals surface area contributed by atoms with E-state index in [9.17, 15) is 0 Å². The molecular formula is C13H22N2S. The smallest absolute Gasteiger partial charge is 0.174 e. The highest BCUT2D eigenvalue weighted by atomic mass is 32.1. The zero-order chi connectivity index (χ0) is 11.8. The molecule has 0 bridgehead atoms. The minimum absolute atomic E-state index is 0.00628.